The molecule has 0 aliphatic rings. The molecule has 0 aliphatic heterocycles. The van der Waals surface area contributed by atoms with Gasteiger partial charge in [-0.25, -0.2) is 0 Å². The summed E-state index contributed by atoms with van der Waals surface area (Å²) in [5, 5.41) is 6.20. The molecule has 1 heterocycles. The third-order valence-corrected chi connectivity index (χ3v) is 3.16. The minimum atomic E-state index is -0.292. The monoisotopic (exact) mass is 313 g/mol. The molecule has 1 amide bonds. The number of benzene rings is 1. The van der Waals surface area contributed by atoms with Crippen LogP contribution in [0.15, 0.2) is 42.6 Å². The van der Waals surface area contributed by atoms with Gasteiger partial charge in [-0.1, -0.05) is 18.2 Å². The third kappa shape index (κ3) is 4.98. The van der Waals surface area contributed by atoms with Crippen LogP contribution in [0.1, 0.15) is 36.8 Å². The smallest absolute Gasteiger partial charge is 0.270 e. The van der Waals surface area contributed by atoms with Crippen LogP contribution in [0.3, 0.4) is 0 Å². The number of rotatable bonds is 5. The molecule has 0 atom stereocenters. The number of anilines is 1. The van der Waals surface area contributed by atoms with E-state index in [1.165, 1.54) is 0 Å². The number of ether oxygens (including phenoxy) is 1. The molecule has 2 N–H and O–H groups in total. The summed E-state index contributed by atoms with van der Waals surface area (Å²) in [5.74, 6) is 0.651. The topological polar surface area (TPSA) is 63.2 Å². The first kappa shape index (κ1) is 16.8. The van der Waals surface area contributed by atoms with Gasteiger partial charge in [-0.3, -0.25) is 9.78 Å². The third-order valence-electron chi connectivity index (χ3n) is 3.16. The molecule has 0 spiro atoms. The first-order valence-corrected chi connectivity index (χ1v) is 7.53. The van der Waals surface area contributed by atoms with E-state index in [9.17, 15) is 4.79 Å². The lowest BCUT2D eigenvalue weighted by atomic mass is 10.1. The largest absolute Gasteiger partial charge is 0.496 e. The molecule has 0 saturated carbocycles. The zero-order valence-corrected chi connectivity index (χ0v) is 14.0. The van der Waals surface area contributed by atoms with Gasteiger partial charge in [0.1, 0.15) is 11.4 Å². The van der Waals surface area contributed by atoms with E-state index in [0.717, 1.165) is 17.0 Å². The van der Waals surface area contributed by atoms with Crippen LogP contribution in [-0.2, 0) is 6.54 Å². The van der Waals surface area contributed by atoms with Gasteiger partial charge >= 0.3 is 0 Å². The summed E-state index contributed by atoms with van der Waals surface area (Å²) in [6, 6.07) is 11.4. The average Bonchev–Trinajstić information content (AvgIpc) is 2.52. The molecule has 23 heavy (non-hydrogen) atoms. The van der Waals surface area contributed by atoms with Crippen LogP contribution in [0.5, 0.6) is 5.75 Å². The Morgan fingerprint density at radius 1 is 1.22 bits per heavy atom. The number of nitrogens with one attached hydrogen (secondary N) is 2. The Bertz CT molecular complexity index is 678. The van der Waals surface area contributed by atoms with E-state index in [2.05, 4.69) is 15.6 Å². The highest BCUT2D eigenvalue weighted by atomic mass is 16.5. The molecule has 2 aromatic rings. The second kappa shape index (κ2) is 7.13. The Morgan fingerprint density at radius 2 is 1.96 bits per heavy atom. The van der Waals surface area contributed by atoms with E-state index in [0.29, 0.717) is 12.2 Å². The molecule has 1 aromatic heterocycles. The van der Waals surface area contributed by atoms with Crippen molar-refractivity contribution in [1.82, 2.24) is 10.3 Å². The fourth-order valence-electron chi connectivity index (χ4n) is 2.12. The van der Waals surface area contributed by atoms with E-state index in [4.69, 9.17) is 4.74 Å². The van der Waals surface area contributed by atoms with Crippen LogP contribution in [0, 0.1) is 0 Å². The number of hydrogen-bond donors (Lipinski definition) is 2. The van der Waals surface area contributed by atoms with Gasteiger partial charge in [0.25, 0.3) is 5.91 Å². The van der Waals surface area contributed by atoms with Crippen molar-refractivity contribution in [2.45, 2.75) is 32.9 Å². The van der Waals surface area contributed by atoms with Gasteiger partial charge in [-0.05, 0) is 39.0 Å². The summed E-state index contributed by atoms with van der Waals surface area (Å²) in [5.41, 5.74) is 1.99. The number of aromatic nitrogens is 1. The van der Waals surface area contributed by atoms with Crippen molar-refractivity contribution in [2.75, 3.05) is 12.4 Å². The second-order valence-corrected chi connectivity index (χ2v) is 6.30. The minimum absolute atomic E-state index is 0.182. The molecule has 0 saturated heterocycles. The highest BCUT2D eigenvalue weighted by molar-refractivity contribution is 5.93. The van der Waals surface area contributed by atoms with Crippen LogP contribution in [0.25, 0.3) is 0 Å². The molecule has 0 aliphatic carbocycles. The summed E-state index contributed by atoms with van der Waals surface area (Å²) < 4.78 is 5.33. The number of pyridine rings is 1. The molecule has 0 unspecified atom stereocenters. The van der Waals surface area contributed by atoms with Gasteiger partial charge in [0.2, 0.25) is 0 Å². The maximum atomic E-state index is 12.2. The Balaban J connectivity index is 2.07. The molecule has 0 bridgehead atoms. The van der Waals surface area contributed by atoms with Crippen molar-refractivity contribution >= 4 is 11.6 Å². The van der Waals surface area contributed by atoms with Crippen LogP contribution < -0.4 is 15.4 Å². The predicted octanol–water partition coefficient (Wildman–Crippen LogP) is 3.23. The van der Waals surface area contributed by atoms with Crippen molar-refractivity contribution in [3.05, 3.63) is 53.9 Å². The van der Waals surface area contributed by atoms with Crippen molar-refractivity contribution in [2.24, 2.45) is 0 Å². The summed E-state index contributed by atoms with van der Waals surface area (Å²) >= 11 is 0. The number of methoxy groups -OCH3 is 1. The summed E-state index contributed by atoms with van der Waals surface area (Å²) in [4.78, 5) is 16.3. The quantitative estimate of drug-likeness (QED) is 0.889. The molecule has 0 radical (unpaired) electrons. The molecule has 1 aromatic carbocycles. The van der Waals surface area contributed by atoms with Crippen LogP contribution in [-0.4, -0.2) is 23.5 Å². The number of hydrogen-bond acceptors (Lipinski definition) is 4. The summed E-state index contributed by atoms with van der Waals surface area (Å²) in [6.45, 7) is 6.42. The standard InChI is InChI=1S/C18H23N3O2/c1-18(2,3)21-17(22)15-11-14(9-10-19-15)20-12-13-7-5-6-8-16(13)23-4/h5-11H,12H2,1-4H3,(H,19,20)(H,21,22). The first-order valence-electron chi connectivity index (χ1n) is 7.53. The highest BCUT2D eigenvalue weighted by Gasteiger charge is 2.16. The first-order chi connectivity index (χ1) is 10.9. The average molecular weight is 313 g/mol. The summed E-state index contributed by atoms with van der Waals surface area (Å²) in [6.07, 6.45) is 1.63. The number of amides is 1. The molecule has 0 fully saturated rings. The fraction of sp³-hybridized carbons (Fsp3) is 0.333. The van der Waals surface area contributed by atoms with Crippen LogP contribution in [0.2, 0.25) is 0 Å². The summed E-state index contributed by atoms with van der Waals surface area (Å²) in [7, 11) is 1.65. The van der Waals surface area contributed by atoms with Crippen molar-refractivity contribution < 1.29 is 9.53 Å². The molecular weight excluding hydrogens is 290 g/mol. The lowest BCUT2D eigenvalue weighted by Gasteiger charge is -2.20. The zero-order valence-electron chi connectivity index (χ0n) is 14.0. The number of nitrogens with zero attached hydrogens (tertiary/aromatic N) is 1. The van der Waals surface area contributed by atoms with Gasteiger partial charge in [0.15, 0.2) is 0 Å². The second-order valence-electron chi connectivity index (χ2n) is 6.30. The van der Waals surface area contributed by atoms with Crippen molar-refractivity contribution in [1.29, 1.82) is 0 Å². The fourth-order valence-corrected chi connectivity index (χ4v) is 2.12. The Morgan fingerprint density at radius 3 is 2.65 bits per heavy atom. The van der Waals surface area contributed by atoms with Gasteiger partial charge in [-0.2, -0.15) is 0 Å². The maximum Gasteiger partial charge on any atom is 0.270 e. The molecule has 5 heteroatoms. The van der Waals surface area contributed by atoms with E-state index in [1.54, 1.807) is 19.4 Å². The van der Waals surface area contributed by atoms with Crippen LogP contribution in [0.4, 0.5) is 5.69 Å². The van der Waals surface area contributed by atoms with Gasteiger partial charge in [0, 0.05) is 29.5 Å². The predicted molar refractivity (Wildman–Crippen MR) is 91.8 cm³/mol. The van der Waals surface area contributed by atoms with Gasteiger partial charge < -0.3 is 15.4 Å². The minimum Gasteiger partial charge on any atom is -0.496 e. The van der Waals surface area contributed by atoms with Gasteiger partial charge in [0.05, 0.1) is 7.11 Å². The molecule has 2 rings (SSSR count). The molecule has 122 valence electrons. The van der Waals surface area contributed by atoms with Crippen molar-refractivity contribution in [3.63, 3.8) is 0 Å². The van der Waals surface area contributed by atoms with E-state index in [-0.39, 0.29) is 11.4 Å². The Hall–Kier alpha value is -2.56. The number of para-hydroxylation sites is 1. The van der Waals surface area contributed by atoms with E-state index >= 15 is 0 Å². The lowest BCUT2D eigenvalue weighted by molar-refractivity contribution is 0.0914. The number of carbonyl (C=O) groups excluding carboxylic acids is 1. The van der Waals surface area contributed by atoms with E-state index < -0.39 is 0 Å². The molecular formula is C18H23N3O2. The lowest BCUT2D eigenvalue weighted by Crippen LogP contribution is -2.40. The maximum absolute atomic E-state index is 12.2. The Kier molecular flexibility index (Phi) is 5.21. The van der Waals surface area contributed by atoms with Gasteiger partial charge in [-0.15, -0.1) is 0 Å². The molecule has 5 nitrogen and oxygen atoms in total. The Labute approximate surface area is 137 Å². The zero-order chi connectivity index (χ0) is 16.9. The highest BCUT2D eigenvalue weighted by Crippen LogP contribution is 2.19. The van der Waals surface area contributed by atoms with Crippen molar-refractivity contribution in [3.8, 4) is 5.75 Å². The normalized spacial score (nSPS) is 11.0. The SMILES string of the molecule is COc1ccccc1CNc1ccnc(C(=O)NC(C)(C)C)c1. The van der Waals surface area contributed by atoms with Crippen LogP contribution >= 0.6 is 0 Å². The van der Waals surface area contributed by atoms with E-state index in [1.807, 2.05) is 51.1 Å². The number of carbonyl (C=O) groups is 1.